The molecule has 0 aliphatic heterocycles. The molecule has 0 spiro atoms. The molecule has 2 aromatic carbocycles. The second kappa shape index (κ2) is 12.0. The molecule has 0 atom stereocenters. The predicted octanol–water partition coefficient (Wildman–Crippen LogP) is 5.17. The average Bonchev–Trinajstić information content (AvgIpc) is 2.79. The van der Waals surface area contributed by atoms with Crippen LogP contribution in [-0.4, -0.2) is 36.2 Å². The third-order valence-electron chi connectivity index (χ3n) is 5.43. The zero-order valence-electron chi connectivity index (χ0n) is 17.9. The van der Waals surface area contributed by atoms with E-state index in [1.165, 1.54) is 6.07 Å². The first-order valence-electron chi connectivity index (χ1n) is 10.3. The Morgan fingerprint density at radius 3 is 2.09 bits per heavy atom. The summed E-state index contributed by atoms with van der Waals surface area (Å²) in [5.41, 5.74) is 2.36. The van der Waals surface area contributed by atoms with Crippen LogP contribution in [-0.2, 0) is 16.1 Å². The van der Waals surface area contributed by atoms with Crippen molar-refractivity contribution in [2.24, 2.45) is 5.92 Å². The highest BCUT2D eigenvalue weighted by Gasteiger charge is 2.38. The van der Waals surface area contributed by atoms with Crippen molar-refractivity contribution in [2.75, 3.05) is 7.05 Å². The molecule has 1 aliphatic rings. The van der Waals surface area contributed by atoms with Crippen molar-refractivity contribution in [3.8, 4) is 11.1 Å². The third-order valence-corrected chi connectivity index (χ3v) is 5.68. The lowest BCUT2D eigenvalue weighted by Crippen LogP contribution is -2.37. The fraction of sp³-hybridized carbons (Fsp3) is 0.391. The number of rotatable bonds is 5. The predicted molar refractivity (Wildman–Crippen MR) is 117 cm³/mol. The highest BCUT2D eigenvalue weighted by atomic mass is 35.5. The smallest absolute Gasteiger partial charge is 0.475 e. The number of amides is 1. The van der Waals surface area contributed by atoms with Gasteiger partial charge in [0, 0.05) is 29.1 Å². The van der Waals surface area contributed by atoms with Gasteiger partial charge in [-0.1, -0.05) is 29.8 Å². The van der Waals surface area contributed by atoms with Gasteiger partial charge in [-0.2, -0.15) is 13.2 Å². The second-order valence-electron chi connectivity index (χ2n) is 7.67. The minimum Gasteiger partial charge on any atom is -0.475 e. The van der Waals surface area contributed by atoms with Crippen LogP contribution in [0.15, 0.2) is 42.5 Å². The highest BCUT2D eigenvalue weighted by Crippen LogP contribution is 2.26. The van der Waals surface area contributed by atoms with E-state index in [9.17, 15) is 22.4 Å². The van der Waals surface area contributed by atoms with E-state index in [0.29, 0.717) is 16.6 Å². The number of hydrogen-bond acceptors (Lipinski definition) is 3. The monoisotopic (exact) mass is 488 g/mol. The Labute approximate surface area is 194 Å². The fourth-order valence-electron chi connectivity index (χ4n) is 3.50. The summed E-state index contributed by atoms with van der Waals surface area (Å²) < 4.78 is 45.9. The third kappa shape index (κ3) is 8.33. The zero-order valence-corrected chi connectivity index (χ0v) is 18.6. The summed E-state index contributed by atoms with van der Waals surface area (Å²) in [6, 6.07) is 12.9. The van der Waals surface area contributed by atoms with Crippen molar-refractivity contribution in [3.05, 3.63) is 58.9 Å². The molecule has 33 heavy (non-hydrogen) atoms. The van der Waals surface area contributed by atoms with Crippen LogP contribution in [0.2, 0.25) is 5.02 Å². The van der Waals surface area contributed by atoms with Gasteiger partial charge >= 0.3 is 12.1 Å². The van der Waals surface area contributed by atoms with E-state index in [1.54, 1.807) is 12.1 Å². The van der Waals surface area contributed by atoms with Crippen LogP contribution in [0.3, 0.4) is 0 Å². The van der Waals surface area contributed by atoms with Gasteiger partial charge in [-0.05, 0) is 68.1 Å². The molecule has 1 aliphatic carbocycles. The summed E-state index contributed by atoms with van der Waals surface area (Å²) in [4.78, 5) is 21.3. The summed E-state index contributed by atoms with van der Waals surface area (Å²) in [7, 11) is 1.96. The normalized spacial score (nSPS) is 18.1. The number of carbonyl (C=O) groups excluding carboxylic acids is 1. The van der Waals surface area contributed by atoms with E-state index >= 15 is 0 Å². The van der Waals surface area contributed by atoms with Gasteiger partial charge in [-0.25, -0.2) is 9.18 Å². The van der Waals surface area contributed by atoms with E-state index in [2.05, 4.69) is 10.6 Å². The lowest BCUT2D eigenvalue weighted by molar-refractivity contribution is -0.192. The van der Waals surface area contributed by atoms with Gasteiger partial charge in [-0.15, -0.1) is 0 Å². The lowest BCUT2D eigenvalue weighted by atomic mass is 9.85. The molecular weight excluding hydrogens is 464 g/mol. The van der Waals surface area contributed by atoms with Gasteiger partial charge in [0.25, 0.3) is 0 Å². The van der Waals surface area contributed by atoms with Crippen molar-refractivity contribution < 1.29 is 32.3 Å². The van der Waals surface area contributed by atoms with E-state index < -0.39 is 12.1 Å². The first-order valence-corrected chi connectivity index (χ1v) is 10.7. The minimum atomic E-state index is -5.08. The molecule has 0 unspecified atom stereocenters. The first kappa shape index (κ1) is 26.6. The van der Waals surface area contributed by atoms with Crippen molar-refractivity contribution in [2.45, 2.75) is 44.4 Å². The van der Waals surface area contributed by atoms with E-state index in [-0.39, 0.29) is 24.2 Å². The second-order valence-corrected chi connectivity index (χ2v) is 8.11. The van der Waals surface area contributed by atoms with E-state index in [4.69, 9.17) is 21.5 Å². The fourth-order valence-corrected chi connectivity index (χ4v) is 3.63. The molecule has 0 saturated heterocycles. The molecule has 1 amide bonds. The molecule has 0 aromatic heterocycles. The quantitative estimate of drug-likeness (QED) is 0.507. The van der Waals surface area contributed by atoms with Crippen molar-refractivity contribution in [1.29, 1.82) is 0 Å². The number of nitrogens with one attached hydrogen (secondary N) is 2. The number of carbonyl (C=O) groups is 2. The Bertz CT molecular complexity index is 944. The van der Waals surface area contributed by atoms with Crippen LogP contribution in [0.1, 0.15) is 31.2 Å². The van der Waals surface area contributed by atoms with Gasteiger partial charge in [-0.3, -0.25) is 4.79 Å². The van der Waals surface area contributed by atoms with Crippen molar-refractivity contribution in [3.63, 3.8) is 0 Å². The van der Waals surface area contributed by atoms with Crippen LogP contribution < -0.4 is 10.6 Å². The Morgan fingerprint density at radius 2 is 1.58 bits per heavy atom. The van der Waals surface area contributed by atoms with Crippen LogP contribution >= 0.6 is 11.6 Å². The number of benzene rings is 2. The molecule has 10 heteroatoms. The summed E-state index contributed by atoms with van der Waals surface area (Å²) >= 11 is 5.92. The molecule has 1 fully saturated rings. The summed E-state index contributed by atoms with van der Waals surface area (Å²) in [5, 5.41) is 14.0. The molecule has 5 nitrogen and oxygen atoms in total. The minimum absolute atomic E-state index is 0.0239. The standard InChI is InChI=1S/C21H24ClFN2O.C2HF3O2/c1-24-19-9-4-15(5-10-19)21(26)25-13-17-12-16(6-11-20(17)23)14-2-7-18(22)8-3-14;3-2(4,5)1(6)7/h2-3,6-8,11-12,15,19,24H,4-5,9-10,13H2,1H3,(H,25,26);(H,6,7). The topological polar surface area (TPSA) is 78.4 Å². The van der Waals surface area contributed by atoms with Gasteiger partial charge in [0.1, 0.15) is 5.82 Å². The number of carboxylic acid groups (broad SMARTS) is 1. The molecule has 180 valence electrons. The Balaban J connectivity index is 0.000000479. The van der Waals surface area contributed by atoms with Crippen molar-refractivity contribution in [1.82, 2.24) is 10.6 Å². The van der Waals surface area contributed by atoms with Crippen LogP contribution in [0.4, 0.5) is 17.6 Å². The Hall–Kier alpha value is -2.65. The van der Waals surface area contributed by atoms with E-state index in [1.807, 2.05) is 31.3 Å². The van der Waals surface area contributed by atoms with Gasteiger partial charge < -0.3 is 15.7 Å². The average molecular weight is 489 g/mol. The van der Waals surface area contributed by atoms with Crippen LogP contribution in [0.25, 0.3) is 11.1 Å². The number of halogens is 5. The maximum Gasteiger partial charge on any atom is 0.490 e. The maximum absolute atomic E-state index is 14.2. The summed E-state index contributed by atoms with van der Waals surface area (Å²) in [5.74, 6) is -3.01. The SMILES string of the molecule is CNC1CCC(C(=O)NCc2cc(-c3ccc(Cl)cc3)ccc2F)CC1.O=C(O)C(F)(F)F. The molecular formula is C23H25ClF4N2O3. The maximum atomic E-state index is 14.2. The van der Waals surface area contributed by atoms with E-state index in [0.717, 1.165) is 36.8 Å². The molecule has 0 heterocycles. The zero-order chi connectivity index (χ0) is 24.6. The number of carboxylic acids is 1. The van der Waals surface area contributed by atoms with Gasteiger partial charge in [0.05, 0.1) is 0 Å². The molecule has 1 saturated carbocycles. The molecule has 3 rings (SSSR count). The molecule has 0 bridgehead atoms. The Morgan fingerprint density at radius 1 is 1.03 bits per heavy atom. The molecule has 0 radical (unpaired) electrons. The Kier molecular flexibility index (Phi) is 9.67. The largest absolute Gasteiger partial charge is 0.490 e. The summed E-state index contributed by atoms with van der Waals surface area (Å²) in [6.07, 6.45) is -1.31. The number of alkyl halides is 3. The number of hydrogen-bond donors (Lipinski definition) is 3. The van der Waals surface area contributed by atoms with Gasteiger partial charge in [0.2, 0.25) is 5.91 Å². The van der Waals surface area contributed by atoms with Crippen LogP contribution in [0.5, 0.6) is 0 Å². The highest BCUT2D eigenvalue weighted by molar-refractivity contribution is 6.30. The van der Waals surface area contributed by atoms with Crippen LogP contribution in [0, 0.1) is 11.7 Å². The summed E-state index contributed by atoms with van der Waals surface area (Å²) in [6.45, 7) is 0.206. The van der Waals surface area contributed by atoms with Gasteiger partial charge in [0.15, 0.2) is 0 Å². The molecule has 2 aromatic rings. The lowest BCUT2D eigenvalue weighted by Gasteiger charge is -2.27. The van der Waals surface area contributed by atoms with Crippen molar-refractivity contribution >= 4 is 23.5 Å². The first-order chi connectivity index (χ1) is 15.5. The molecule has 3 N–H and O–H groups in total. The number of aliphatic carboxylic acids is 1.